The van der Waals surface area contributed by atoms with Gasteiger partial charge in [-0.05, 0) is 83.3 Å². The standard InChI is InChI=1S/C20H32N6OS2/c1-7-25(8-2)19(28)23-21-15(5)18(16-11-13-17(27-6)14-12-16)22-24-20(29)26(9-3)10-4/h11-14H,7-10H2,1-6H3,(H,23,28)(H,24,29). The van der Waals surface area contributed by atoms with Gasteiger partial charge in [0.05, 0.1) is 12.8 Å². The summed E-state index contributed by atoms with van der Waals surface area (Å²) in [7, 11) is 1.64. The third-order valence-corrected chi connectivity index (χ3v) is 5.09. The fourth-order valence-electron chi connectivity index (χ4n) is 2.55. The lowest BCUT2D eigenvalue weighted by Gasteiger charge is -2.21. The van der Waals surface area contributed by atoms with Gasteiger partial charge in [0.2, 0.25) is 0 Å². The zero-order valence-corrected chi connectivity index (χ0v) is 19.8. The molecule has 1 aromatic rings. The van der Waals surface area contributed by atoms with Gasteiger partial charge < -0.3 is 14.5 Å². The van der Waals surface area contributed by atoms with Crippen LogP contribution in [-0.2, 0) is 0 Å². The molecule has 0 aromatic heterocycles. The molecular weight excluding hydrogens is 404 g/mol. The lowest BCUT2D eigenvalue weighted by atomic mass is 10.1. The van der Waals surface area contributed by atoms with E-state index in [0.29, 0.717) is 21.6 Å². The van der Waals surface area contributed by atoms with E-state index in [0.717, 1.165) is 37.5 Å². The van der Waals surface area contributed by atoms with Crippen LogP contribution < -0.4 is 15.6 Å². The summed E-state index contributed by atoms with van der Waals surface area (Å²) in [6, 6.07) is 7.63. The number of nitrogens with zero attached hydrogens (tertiary/aromatic N) is 4. The predicted molar refractivity (Wildman–Crippen MR) is 130 cm³/mol. The molecule has 0 aliphatic heterocycles. The van der Waals surface area contributed by atoms with E-state index in [2.05, 4.69) is 48.7 Å². The third-order valence-electron chi connectivity index (χ3n) is 4.39. The van der Waals surface area contributed by atoms with Gasteiger partial charge in [0.15, 0.2) is 10.2 Å². The number of hydrogen-bond acceptors (Lipinski definition) is 5. The highest BCUT2D eigenvalue weighted by molar-refractivity contribution is 7.80. The van der Waals surface area contributed by atoms with Crippen LogP contribution in [0.3, 0.4) is 0 Å². The largest absolute Gasteiger partial charge is 0.497 e. The Labute approximate surface area is 185 Å². The van der Waals surface area contributed by atoms with Crippen LogP contribution in [0.4, 0.5) is 0 Å². The number of nitrogens with one attached hydrogen (secondary N) is 2. The van der Waals surface area contributed by atoms with Gasteiger partial charge in [0.1, 0.15) is 11.5 Å². The van der Waals surface area contributed by atoms with E-state index >= 15 is 0 Å². The first-order chi connectivity index (χ1) is 13.9. The zero-order valence-electron chi connectivity index (χ0n) is 18.2. The van der Waals surface area contributed by atoms with Gasteiger partial charge in [-0.3, -0.25) is 10.9 Å². The second-order valence-corrected chi connectivity index (χ2v) is 6.84. The number of methoxy groups -OCH3 is 1. The van der Waals surface area contributed by atoms with Crippen molar-refractivity contribution in [3.05, 3.63) is 29.8 Å². The minimum atomic E-state index is 0.570. The monoisotopic (exact) mass is 436 g/mol. The Kier molecular flexibility index (Phi) is 11.2. The molecule has 0 bridgehead atoms. The molecule has 0 unspecified atom stereocenters. The molecule has 7 nitrogen and oxygen atoms in total. The van der Waals surface area contributed by atoms with Crippen molar-refractivity contribution >= 4 is 46.1 Å². The van der Waals surface area contributed by atoms with Gasteiger partial charge in [-0.1, -0.05) is 0 Å². The van der Waals surface area contributed by atoms with Gasteiger partial charge in [-0.15, -0.1) is 0 Å². The number of rotatable bonds is 9. The Balaban J connectivity index is 3.14. The molecule has 0 aliphatic rings. The summed E-state index contributed by atoms with van der Waals surface area (Å²) in [5.74, 6) is 0.773. The summed E-state index contributed by atoms with van der Waals surface area (Å²) in [5, 5.41) is 10.1. The number of hydrazone groups is 2. The fraction of sp³-hybridized carbons (Fsp3) is 0.500. The summed E-state index contributed by atoms with van der Waals surface area (Å²) >= 11 is 10.9. The lowest BCUT2D eigenvalue weighted by Crippen LogP contribution is -2.39. The highest BCUT2D eigenvalue weighted by Crippen LogP contribution is 2.13. The summed E-state index contributed by atoms with van der Waals surface area (Å²) in [4.78, 5) is 4.04. The number of ether oxygens (including phenoxy) is 1. The second kappa shape index (κ2) is 13.1. The van der Waals surface area contributed by atoms with Crippen LogP contribution in [0.25, 0.3) is 0 Å². The quantitative estimate of drug-likeness (QED) is 0.350. The van der Waals surface area contributed by atoms with Crippen molar-refractivity contribution in [3.63, 3.8) is 0 Å². The van der Waals surface area contributed by atoms with Gasteiger partial charge in [-0.2, -0.15) is 10.2 Å². The fourth-order valence-corrected chi connectivity index (χ4v) is 3.16. The van der Waals surface area contributed by atoms with E-state index in [1.807, 2.05) is 41.0 Å². The number of thiocarbonyl (C=S) groups is 2. The van der Waals surface area contributed by atoms with E-state index in [-0.39, 0.29) is 0 Å². The van der Waals surface area contributed by atoms with Crippen LogP contribution in [0.1, 0.15) is 40.2 Å². The van der Waals surface area contributed by atoms with E-state index < -0.39 is 0 Å². The molecule has 0 aliphatic carbocycles. The molecule has 0 radical (unpaired) electrons. The first-order valence-electron chi connectivity index (χ1n) is 9.78. The molecular formula is C20H32N6OS2. The van der Waals surface area contributed by atoms with Crippen LogP contribution in [0.2, 0.25) is 0 Å². The SMILES string of the molecule is CCN(CC)C(=S)NN=C(C)C(=NNC(=S)N(CC)CC)c1ccc(OC)cc1. The third kappa shape index (κ3) is 7.58. The topological polar surface area (TPSA) is 64.5 Å². The highest BCUT2D eigenvalue weighted by atomic mass is 32.1. The Morgan fingerprint density at radius 1 is 0.862 bits per heavy atom. The van der Waals surface area contributed by atoms with Crippen molar-refractivity contribution in [2.75, 3.05) is 33.3 Å². The first-order valence-corrected chi connectivity index (χ1v) is 10.6. The Bertz CT molecular complexity index is 725. The van der Waals surface area contributed by atoms with Crippen LogP contribution in [0, 0.1) is 0 Å². The number of hydrogen-bond donors (Lipinski definition) is 2. The molecule has 0 atom stereocenters. The maximum atomic E-state index is 5.44. The van der Waals surface area contributed by atoms with Crippen LogP contribution in [-0.4, -0.2) is 64.7 Å². The predicted octanol–water partition coefficient (Wildman–Crippen LogP) is 3.21. The van der Waals surface area contributed by atoms with Crippen molar-refractivity contribution in [2.24, 2.45) is 10.2 Å². The molecule has 0 spiro atoms. The van der Waals surface area contributed by atoms with Gasteiger partial charge >= 0.3 is 0 Å². The maximum Gasteiger partial charge on any atom is 0.189 e. The molecule has 9 heteroatoms. The molecule has 0 saturated heterocycles. The smallest absolute Gasteiger partial charge is 0.189 e. The molecule has 0 fully saturated rings. The van der Waals surface area contributed by atoms with Gasteiger partial charge in [-0.25, -0.2) is 0 Å². The Morgan fingerprint density at radius 3 is 1.72 bits per heavy atom. The van der Waals surface area contributed by atoms with Crippen LogP contribution in [0.15, 0.2) is 34.5 Å². The van der Waals surface area contributed by atoms with Crippen LogP contribution >= 0.6 is 24.4 Å². The van der Waals surface area contributed by atoms with Crippen molar-refractivity contribution < 1.29 is 4.74 Å². The van der Waals surface area contributed by atoms with E-state index in [4.69, 9.17) is 29.2 Å². The Morgan fingerprint density at radius 2 is 1.31 bits per heavy atom. The molecule has 1 rings (SSSR count). The minimum absolute atomic E-state index is 0.570. The molecule has 29 heavy (non-hydrogen) atoms. The number of benzene rings is 1. The molecule has 0 amide bonds. The van der Waals surface area contributed by atoms with E-state index in [1.165, 1.54) is 0 Å². The second-order valence-electron chi connectivity index (χ2n) is 6.06. The van der Waals surface area contributed by atoms with Crippen molar-refractivity contribution in [1.82, 2.24) is 20.7 Å². The molecule has 2 N–H and O–H groups in total. The highest BCUT2D eigenvalue weighted by Gasteiger charge is 2.12. The van der Waals surface area contributed by atoms with Crippen LogP contribution in [0.5, 0.6) is 5.75 Å². The van der Waals surface area contributed by atoms with E-state index in [1.54, 1.807) is 7.11 Å². The Hall–Kier alpha value is -2.26. The summed E-state index contributed by atoms with van der Waals surface area (Å²) in [5.41, 5.74) is 8.18. The maximum absolute atomic E-state index is 5.44. The van der Waals surface area contributed by atoms with Gasteiger partial charge in [0, 0.05) is 31.7 Å². The van der Waals surface area contributed by atoms with Gasteiger partial charge in [0.25, 0.3) is 0 Å². The average molecular weight is 437 g/mol. The molecule has 0 heterocycles. The summed E-state index contributed by atoms with van der Waals surface area (Å²) in [6.45, 7) is 13.3. The summed E-state index contributed by atoms with van der Waals surface area (Å²) < 4.78 is 5.25. The first kappa shape index (κ1) is 24.8. The van der Waals surface area contributed by atoms with E-state index in [9.17, 15) is 0 Å². The zero-order chi connectivity index (χ0) is 21.8. The molecule has 0 saturated carbocycles. The molecule has 1 aromatic carbocycles. The van der Waals surface area contributed by atoms with Crippen molar-refractivity contribution in [1.29, 1.82) is 0 Å². The normalized spacial score (nSPS) is 11.7. The summed E-state index contributed by atoms with van der Waals surface area (Å²) in [6.07, 6.45) is 0. The average Bonchev–Trinajstić information content (AvgIpc) is 2.74. The minimum Gasteiger partial charge on any atom is -0.497 e. The van der Waals surface area contributed by atoms with Crippen molar-refractivity contribution in [2.45, 2.75) is 34.6 Å². The molecule has 160 valence electrons. The lowest BCUT2D eigenvalue weighted by molar-refractivity contribution is 0.415. The van der Waals surface area contributed by atoms with Crippen molar-refractivity contribution in [3.8, 4) is 5.75 Å².